The molecule has 0 aromatic carbocycles. The summed E-state index contributed by atoms with van der Waals surface area (Å²) in [5.74, 6) is 0.0776. The number of carbonyl (C=O) groups is 1. The number of anilines is 2. The molecule has 0 bridgehead atoms. The summed E-state index contributed by atoms with van der Waals surface area (Å²) in [6.07, 6.45) is -6.87. The first-order chi connectivity index (χ1) is 28.0. The van der Waals surface area contributed by atoms with Gasteiger partial charge in [-0.3, -0.25) is 0 Å². The van der Waals surface area contributed by atoms with Gasteiger partial charge < -0.3 is 50.8 Å². The number of rotatable bonds is 10. The van der Waals surface area contributed by atoms with Gasteiger partial charge in [0, 0.05) is 37.6 Å². The van der Waals surface area contributed by atoms with Crippen molar-refractivity contribution in [1.29, 1.82) is 10.5 Å². The molecule has 23 heteroatoms. The van der Waals surface area contributed by atoms with Gasteiger partial charge in [-0.15, -0.1) is 0 Å². The number of ether oxygens (including phenoxy) is 4. The van der Waals surface area contributed by atoms with E-state index >= 15 is 0 Å². The molecule has 2 aliphatic heterocycles. The highest BCUT2D eigenvalue weighted by Gasteiger charge is 2.59. The molecule has 8 heterocycles. The standard InChI is InChI=1S/C35H32N14O9/c36-13-34(23-5-3-17-29(38)44-15-46-48(17)23)27(52)25(50)19(57-34)11-21(31-40-7-1-8-41-31)55-33(54)56-22(32-42-9-2-10-43-32)12-20-26(51)28(53)35(14-37,58-20)24-6-4-18-30(39)45-16-47-49(18)24/h1-10,15-16,19-22,25-28,50-53H,11-12H2,(H2,38,44,46)(H2,39,45,47)/t19-,20-,21?,22?,25-,26-,27-,28-,34+,35+/m1/s1. The number of hydrogen-bond donors (Lipinski definition) is 6. The van der Waals surface area contributed by atoms with E-state index in [9.17, 15) is 35.7 Å². The molecule has 0 saturated carbocycles. The highest BCUT2D eigenvalue weighted by molar-refractivity contribution is 5.67. The van der Waals surface area contributed by atoms with E-state index in [1.165, 1.54) is 70.2 Å². The van der Waals surface area contributed by atoms with Crippen LogP contribution >= 0.6 is 0 Å². The molecule has 0 aliphatic carbocycles. The van der Waals surface area contributed by atoms with E-state index in [2.05, 4.69) is 40.1 Å². The lowest BCUT2D eigenvalue weighted by Gasteiger charge is -2.26. The van der Waals surface area contributed by atoms with Gasteiger partial charge in [0.2, 0.25) is 11.2 Å². The first kappa shape index (κ1) is 37.9. The minimum Gasteiger partial charge on any atom is -0.423 e. The number of nitrogens with zero attached hydrogens (tertiary/aromatic N) is 12. The van der Waals surface area contributed by atoms with E-state index in [0.717, 1.165) is 12.7 Å². The molecule has 23 nitrogen and oxygen atoms in total. The maximum absolute atomic E-state index is 13.7. The minimum absolute atomic E-state index is 0.0519. The molecule has 8 rings (SSSR count). The Kier molecular flexibility index (Phi) is 9.69. The molecule has 6 aromatic rings. The van der Waals surface area contributed by atoms with Crippen LogP contribution in [0.2, 0.25) is 0 Å². The maximum atomic E-state index is 13.7. The molecular weight excluding hydrogens is 760 g/mol. The lowest BCUT2D eigenvalue weighted by Crippen LogP contribution is -2.40. The molecule has 2 aliphatic rings. The fraction of sp³-hybridized carbons (Fsp3) is 0.343. The summed E-state index contributed by atoms with van der Waals surface area (Å²) < 4.78 is 26.2. The average Bonchev–Trinajstić information content (AvgIpc) is 4.00. The Labute approximate surface area is 325 Å². The van der Waals surface area contributed by atoms with Crippen molar-refractivity contribution in [3.8, 4) is 12.1 Å². The number of carbonyl (C=O) groups excluding carboxylic acids is 1. The Bertz CT molecular complexity index is 2380. The molecule has 2 fully saturated rings. The number of nitrogens with two attached hydrogens (primary N) is 2. The number of aliphatic hydroxyl groups excluding tert-OH is 4. The van der Waals surface area contributed by atoms with E-state index in [4.69, 9.17) is 30.4 Å². The van der Waals surface area contributed by atoms with Gasteiger partial charge >= 0.3 is 6.16 Å². The number of aromatic nitrogens is 10. The Morgan fingerprint density at radius 1 is 0.707 bits per heavy atom. The molecular formula is C35H32N14O9. The third-order valence-corrected chi connectivity index (χ3v) is 10.1. The van der Waals surface area contributed by atoms with Crippen molar-refractivity contribution in [3.05, 3.63) is 96.9 Å². The zero-order valence-electron chi connectivity index (χ0n) is 29.8. The first-order valence-electron chi connectivity index (χ1n) is 17.5. The van der Waals surface area contributed by atoms with Crippen molar-refractivity contribution in [3.63, 3.8) is 0 Å². The molecule has 0 amide bonds. The zero-order chi connectivity index (χ0) is 40.8. The summed E-state index contributed by atoms with van der Waals surface area (Å²) in [5.41, 5.74) is 8.36. The summed E-state index contributed by atoms with van der Waals surface area (Å²) in [6, 6.07) is 12.9. The minimum atomic E-state index is -2.16. The first-order valence-corrected chi connectivity index (χ1v) is 17.5. The summed E-state index contributed by atoms with van der Waals surface area (Å²) >= 11 is 0. The van der Waals surface area contributed by atoms with Gasteiger partial charge in [-0.05, 0) is 36.4 Å². The second-order valence-corrected chi connectivity index (χ2v) is 13.3. The van der Waals surface area contributed by atoms with Crippen LogP contribution < -0.4 is 11.5 Å². The molecule has 6 aromatic heterocycles. The number of aliphatic hydroxyl groups is 4. The highest BCUT2D eigenvalue weighted by Crippen LogP contribution is 2.45. The lowest BCUT2D eigenvalue weighted by atomic mass is 9.92. The third kappa shape index (κ3) is 6.20. The average molecular weight is 793 g/mol. The van der Waals surface area contributed by atoms with Crippen molar-refractivity contribution in [1.82, 2.24) is 49.1 Å². The van der Waals surface area contributed by atoms with Crippen LogP contribution in [0.15, 0.2) is 73.8 Å². The summed E-state index contributed by atoms with van der Waals surface area (Å²) in [7, 11) is 0. The van der Waals surface area contributed by atoms with Gasteiger partial charge in [0.25, 0.3) is 0 Å². The van der Waals surface area contributed by atoms with Gasteiger partial charge in [-0.2, -0.15) is 20.7 Å². The second-order valence-electron chi connectivity index (χ2n) is 13.3. The van der Waals surface area contributed by atoms with Crippen LogP contribution in [0.3, 0.4) is 0 Å². The number of fused-ring (bicyclic) bond motifs is 2. The van der Waals surface area contributed by atoms with E-state index in [-0.39, 0.29) is 34.7 Å². The van der Waals surface area contributed by atoms with Crippen LogP contribution in [-0.2, 0) is 30.1 Å². The van der Waals surface area contributed by atoms with Crippen molar-refractivity contribution in [2.75, 3.05) is 11.5 Å². The van der Waals surface area contributed by atoms with E-state index in [0.29, 0.717) is 11.0 Å². The summed E-state index contributed by atoms with van der Waals surface area (Å²) in [6.45, 7) is 0. The normalized spacial score (nSPS) is 27.8. The smallest absolute Gasteiger partial charge is 0.423 e. The van der Waals surface area contributed by atoms with Gasteiger partial charge in [-0.25, -0.2) is 43.7 Å². The molecule has 58 heavy (non-hydrogen) atoms. The number of nitriles is 2. The van der Waals surface area contributed by atoms with Crippen molar-refractivity contribution in [2.24, 2.45) is 0 Å². The fourth-order valence-electron chi connectivity index (χ4n) is 7.26. The predicted octanol–water partition coefficient (Wildman–Crippen LogP) is -0.688. The van der Waals surface area contributed by atoms with Crippen molar-refractivity contribution >= 4 is 28.8 Å². The van der Waals surface area contributed by atoms with E-state index in [1.807, 2.05) is 12.1 Å². The van der Waals surface area contributed by atoms with Gasteiger partial charge in [0.15, 0.2) is 35.5 Å². The van der Waals surface area contributed by atoms with Crippen molar-refractivity contribution < 1.29 is 44.2 Å². The molecule has 8 N–H and O–H groups in total. The molecule has 296 valence electrons. The Balaban J connectivity index is 1.05. The second kappa shape index (κ2) is 14.8. The lowest BCUT2D eigenvalue weighted by molar-refractivity contribution is -0.0821. The largest absolute Gasteiger partial charge is 0.509 e. The summed E-state index contributed by atoms with van der Waals surface area (Å²) in [5, 5.41) is 74.2. The van der Waals surface area contributed by atoms with Gasteiger partial charge in [0.1, 0.15) is 60.2 Å². The Morgan fingerprint density at radius 2 is 1.10 bits per heavy atom. The SMILES string of the molecule is N#C[C@@]1(c2ccc3c(N)ncnn23)O[C@H](CC(OC(=O)OC(C[C@H]2O[C@@](C#N)(c3ccc4c(N)ncnn34)[C@H](O)[C@@H]2O)c2ncccn2)c2ncccn2)[C@@H](O)[C@H]1O. The third-order valence-electron chi connectivity index (χ3n) is 10.1. The number of nitrogen functional groups attached to an aromatic ring is 2. The Morgan fingerprint density at radius 3 is 1.48 bits per heavy atom. The van der Waals surface area contributed by atoms with E-state index in [1.54, 1.807) is 0 Å². The van der Waals surface area contributed by atoms with Crippen LogP contribution in [0.4, 0.5) is 16.4 Å². The Hall–Kier alpha value is -6.99. The summed E-state index contributed by atoms with van der Waals surface area (Å²) in [4.78, 5) is 38.4. The maximum Gasteiger partial charge on any atom is 0.509 e. The molecule has 2 saturated heterocycles. The fourth-order valence-corrected chi connectivity index (χ4v) is 7.26. The van der Waals surface area contributed by atoms with E-state index < -0.39 is 79.0 Å². The van der Waals surface area contributed by atoms with Gasteiger partial charge in [-0.1, -0.05) is 0 Å². The molecule has 2 unspecified atom stereocenters. The van der Waals surface area contributed by atoms with Crippen LogP contribution in [0, 0.1) is 22.7 Å². The van der Waals surface area contributed by atoms with Gasteiger partial charge in [0.05, 0.1) is 23.6 Å². The predicted molar refractivity (Wildman–Crippen MR) is 189 cm³/mol. The molecule has 0 radical (unpaired) electrons. The highest BCUT2D eigenvalue weighted by atomic mass is 16.7. The van der Waals surface area contributed by atoms with Crippen LogP contribution in [0.25, 0.3) is 11.0 Å². The van der Waals surface area contributed by atoms with Crippen LogP contribution in [0.5, 0.6) is 0 Å². The molecule has 0 spiro atoms. The number of hydrogen-bond acceptors (Lipinski definition) is 21. The van der Waals surface area contributed by atoms with Crippen molar-refractivity contribution in [2.45, 2.75) is 72.9 Å². The zero-order valence-corrected chi connectivity index (χ0v) is 29.8. The monoisotopic (exact) mass is 792 g/mol. The molecule has 10 atom stereocenters. The quantitative estimate of drug-likeness (QED) is 0.0935. The topological polar surface area (TPSA) is 346 Å². The van der Waals surface area contributed by atoms with Crippen LogP contribution in [0.1, 0.15) is 48.1 Å². The van der Waals surface area contributed by atoms with Crippen LogP contribution in [-0.4, -0.2) is 112 Å².